The highest BCUT2D eigenvalue weighted by molar-refractivity contribution is 6.85. The second kappa shape index (κ2) is 13.2. The van der Waals surface area contributed by atoms with Gasteiger partial charge in [0, 0.05) is 64.8 Å². The van der Waals surface area contributed by atoms with Gasteiger partial charge in [-0.05, 0) is 43.4 Å². The summed E-state index contributed by atoms with van der Waals surface area (Å²) in [5, 5.41) is 0. The summed E-state index contributed by atoms with van der Waals surface area (Å²) in [6.07, 6.45) is 6.88. The van der Waals surface area contributed by atoms with Gasteiger partial charge in [-0.15, -0.1) is 0 Å². The van der Waals surface area contributed by atoms with Gasteiger partial charge >= 0.3 is 35.2 Å². The largest absolute Gasteiger partial charge is 0.496 e. The van der Waals surface area contributed by atoms with Crippen molar-refractivity contribution in [1.82, 2.24) is 0 Å². The van der Waals surface area contributed by atoms with Crippen molar-refractivity contribution in [3.05, 3.63) is 0 Å². The predicted octanol–water partition coefficient (Wildman–Crippen LogP) is 5.87. The van der Waals surface area contributed by atoms with E-state index in [1.807, 2.05) is 0 Å². The van der Waals surface area contributed by atoms with Crippen LogP contribution in [0.4, 0.5) is 0 Å². The zero-order valence-corrected chi connectivity index (χ0v) is 29.7. The number of rotatable bonds is 7. The van der Waals surface area contributed by atoms with Crippen LogP contribution in [0.25, 0.3) is 0 Å². The third kappa shape index (κ3) is 5.75. The maximum Gasteiger partial charge on any atom is 0.496 e. The molecule has 9 nitrogen and oxygen atoms in total. The van der Waals surface area contributed by atoms with Gasteiger partial charge in [0.1, 0.15) is 0 Å². The molecular formula is C25H54O9Si4. The third-order valence-electron chi connectivity index (χ3n) is 9.95. The fraction of sp³-hybridized carbons (Fsp3) is 1.00. The van der Waals surface area contributed by atoms with Crippen molar-refractivity contribution < 1.29 is 38.9 Å². The molecule has 3 saturated heterocycles. The van der Waals surface area contributed by atoms with Crippen molar-refractivity contribution in [2.24, 2.45) is 17.8 Å². The average Bonchev–Trinajstić information content (AvgIpc) is 2.92. The van der Waals surface area contributed by atoms with Crippen LogP contribution in [0.5, 0.6) is 0 Å². The van der Waals surface area contributed by atoms with Crippen LogP contribution < -0.4 is 0 Å². The molecule has 0 aromatic rings. The Hall–Kier alpha value is 0.508. The Morgan fingerprint density at radius 1 is 0.526 bits per heavy atom. The van der Waals surface area contributed by atoms with Crippen LogP contribution in [-0.4, -0.2) is 77.9 Å². The molecule has 0 saturated carbocycles. The molecule has 13 heteroatoms. The molecule has 3 rings (SSSR count). The van der Waals surface area contributed by atoms with E-state index in [0.717, 1.165) is 44.9 Å². The second-order valence-electron chi connectivity index (χ2n) is 11.7. The molecule has 0 aliphatic carbocycles. The van der Waals surface area contributed by atoms with Gasteiger partial charge < -0.3 is 38.9 Å². The van der Waals surface area contributed by atoms with Crippen LogP contribution in [0, 0.1) is 17.8 Å². The maximum absolute atomic E-state index is 7.42. The van der Waals surface area contributed by atoms with E-state index in [9.17, 15) is 0 Å². The van der Waals surface area contributed by atoms with E-state index in [-0.39, 0.29) is 22.2 Å². The molecule has 9 atom stereocenters. The van der Waals surface area contributed by atoms with Crippen LogP contribution in [0.2, 0.25) is 22.2 Å². The topological polar surface area (TPSA) is 83.1 Å². The zero-order valence-electron chi connectivity index (χ0n) is 25.7. The molecule has 0 bridgehead atoms. The normalized spacial score (nSPS) is 43.8. The Labute approximate surface area is 236 Å². The summed E-state index contributed by atoms with van der Waals surface area (Å²) >= 11 is 0. The Balaban J connectivity index is 2.24. The van der Waals surface area contributed by atoms with Crippen molar-refractivity contribution in [3.8, 4) is 0 Å². The van der Waals surface area contributed by atoms with E-state index in [2.05, 4.69) is 34.6 Å². The summed E-state index contributed by atoms with van der Waals surface area (Å²) < 4.78 is 59.6. The molecular weight excluding hydrogens is 557 g/mol. The molecule has 224 valence electrons. The van der Waals surface area contributed by atoms with Crippen molar-refractivity contribution in [2.75, 3.05) is 42.7 Å². The van der Waals surface area contributed by atoms with E-state index in [0.29, 0.717) is 17.8 Å². The summed E-state index contributed by atoms with van der Waals surface area (Å²) in [4.78, 5) is 0. The van der Waals surface area contributed by atoms with Crippen LogP contribution >= 0.6 is 0 Å². The van der Waals surface area contributed by atoms with Gasteiger partial charge in [0.15, 0.2) is 0 Å². The molecule has 38 heavy (non-hydrogen) atoms. The summed E-state index contributed by atoms with van der Waals surface area (Å²) in [5.41, 5.74) is 0.408. The third-order valence-corrected chi connectivity index (χ3v) is 27.1. The molecule has 3 aliphatic heterocycles. The van der Waals surface area contributed by atoms with Crippen LogP contribution in [0.1, 0.15) is 79.6 Å². The number of fused-ring (bicyclic) bond motifs is 2. The summed E-state index contributed by atoms with van der Waals surface area (Å²) in [6.45, 7) is 11.3. The molecule has 3 heterocycles. The maximum atomic E-state index is 7.42. The van der Waals surface area contributed by atoms with Gasteiger partial charge in [-0.2, -0.15) is 0 Å². The molecule has 0 aromatic carbocycles. The minimum atomic E-state index is -3.51. The molecule has 0 aromatic heterocycles. The summed E-state index contributed by atoms with van der Waals surface area (Å²) in [5.74, 6) is 1.09. The smallest absolute Gasteiger partial charge is 0.378 e. The van der Waals surface area contributed by atoms with E-state index >= 15 is 0 Å². The van der Waals surface area contributed by atoms with Crippen LogP contribution in [0.15, 0.2) is 0 Å². The first-order chi connectivity index (χ1) is 18.0. The highest BCUT2D eigenvalue weighted by atomic mass is 28.5. The molecule has 3 fully saturated rings. The van der Waals surface area contributed by atoms with Gasteiger partial charge in [-0.25, -0.2) is 0 Å². The highest BCUT2D eigenvalue weighted by Gasteiger charge is 2.71. The first kappa shape index (κ1) is 33.0. The average molecular weight is 611 g/mol. The van der Waals surface area contributed by atoms with Gasteiger partial charge in [-0.3, -0.25) is 0 Å². The Morgan fingerprint density at radius 3 is 1.37 bits per heavy atom. The second-order valence-corrected chi connectivity index (χ2v) is 24.7. The molecule has 3 aliphatic rings. The quantitative estimate of drug-likeness (QED) is 0.329. The fourth-order valence-electron chi connectivity index (χ4n) is 7.42. The van der Waals surface area contributed by atoms with E-state index < -0.39 is 35.2 Å². The first-order valence-corrected chi connectivity index (χ1v) is 21.6. The lowest BCUT2D eigenvalue weighted by atomic mass is 9.90. The van der Waals surface area contributed by atoms with Crippen molar-refractivity contribution in [2.45, 2.75) is 102 Å². The number of hydrogen-bond acceptors (Lipinski definition) is 9. The zero-order chi connectivity index (χ0) is 28.4. The lowest BCUT2D eigenvalue weighted by Gasteiger charge is -2.54. The first-order valence-electron chi connectivity index (χ1n) is 14.4. The SMILES string of the molecule is CCC1C(C)CCC2C(C)CCC3C(C)CC[C@@H](C)[Si](OC)(OC)O[Si]3(OC)O[Si]2(OC)O[Si]1(OC)OC. The minimum absolute atomic E-state index is 0.0772. The lowest BCUT2D eigenvalue weighted by molar-refractivity contribution is 0.0238. The van der Waals surface area contributed by atoms with Crippen LogP contribution in [-0.2, 0) is 38.9 Å². The van der Waals surface area contributed by atoms with Gasteiger partial charge in [0.05, 0.1) is 0 Å². The van der Waals surface area contributed by atoms with E-state index in [1.165, 1.54) is 0 Å². The minimum Gasteiger partial charge on any atom is -0.378 e. The molecule has 0 amide bonds. The Kier molecular flexibility index (Phi) is 11.5. The predicted molar refractivity (Wildman–Crippen MR) is 154 cm³/mol. The van der Waals surface area contributed by atoms with E-state index in [4.69, 9.17) is 38.9 Å². The monoisotopic (exact) mass is 610 g/mol. The van der Waals surface area contributed by atoms with Crippen molar-refractivity contribution in [3.63, 3.8) is 0 Å². The van der Waals surface area contributed by atoms with Crippen LogP contribution in [0.3, 0.4) is 0 Å². The van der Waals surface area contributed by atoms with E-state index in [1.54, 1.807) is 42.7 Å². The fourth-order valence-corrected chi connectivity index (χ4v) is 26.8. The number of hydrogen-bond donors (Lipinski definition) is 0. The summed E-state index contributed by atoms with van der Waals surface area (Å²) in [7, 11) is -3.11. The van der Waals surface area contributed by atoms with Crippen molar-refractivity contribution in [1.29, 1.82) is 0 Å². The highest BCUT2D eigenvalue weighted by Crippen LogP contribution is 2.55. The van der Waals surface area contributed by atoms with Gasteiger partial charge in [-0.1, -0.05) is 53.9 Å². The molecule has 8 unspecified atom stereocenters. The molecule has 0 spiro atoms. The Bertz CT molecular complexity index is 758. The Morgan fingerprint density at radius 2 is 0.947 bits per heavy atom. The molecule has 0 N–H and O–H groups in total. The van der Waals surface area contributed by atoms with Gasteiger partial charge in [0.25, 0.3) is 0 Å². The summed E-state index contributed by atoms with van der Waals surface area (Å²) in [6, 6.07) is 0. The standard InChI is InChI=1S/C25H54O9Si4/c1-12-23-19(2)14-17-25-21(4)15-18-24-20(3)13-16-22(5)35(26-6,27-7)32-37(24,30-10)34-38(25,31-11)33-36(23,28-8)29-9/h19-25H,12-18H2,1-11H3/t19?,20?,21?,22-,23?,24?,25?,37?,38?/m1/s1. The van der Waals surface area contributed by atoms with Gasteiger partial charge in [0.2, 0.25) is 0 Å². The van der Waals surface area contributed by atoms with Crippen molar-refractivity contribution >= 4 is 35.2 Å². The lowest BCUT2D eigenvalue weighted by Crippen LogP contribution is -2.72. The molecule has 0 radical (unpaired) electrons.